The third-order valence-corrected chi connectivity index (χ3v) is 2.80. The van der Waals surface area contributed by atoms with Gasteiger partial charge in [-0.15, -0.1) is 0 Å². The van der Waals surface area contributed by atoms with Crippen molar-refractivity contribution in [2.75, 3.05) is 0 Å². The van der Waals surface area contributed by atoms with Crippen molar-refractivity contribution in [3.8, 4) is 0 Å². The van der Waals surface area contributed by atoms with E-state index in [0.29, 0.717) is 12.0 Å². The summed E-state index contributed by atoms with van der Waals surface area (Å²) in [4.78, 5) is 22.9. The molecule has 0 aliphatic carbocycles. The summed E-state index contributed by atoms with van der Waals surface area (Å²) in [7, 11) is 0. The zero-order valence-electron chi connectivity index (χ0n) is 10.0. The molecule has 1 amide bonds. The highest BCUT2D eigenvalue weighted by atomic mass is 16.4. The Bertz CT molecular complexity index is 389. The Labute approximate surface area is 101 Å². The van der Waals surface area contributed by atoms with E-state index in [1.807, 2.05) is 13.8 Å². The minimum Gasteiger partial charge on any atom is -0.480 e. The van der Waals surface area contributed by atoms with Gasteiger partial charge in [-0.1, -0.05) is 38.5 Å². The lowest BCUT2D eigenvalue weighted by molar-refractivity contribution is -0.140. The molecular weight excluding hydrogens is 218 g/mol. The van der Waals surface area contributed by atoms with Crippen LogP contribution in [0.1, 0.15) is 30.6 Å². The van der Waals surface area contributed by atoms with Crippen LogP contribution in [0.25, 0.3) is 0 Å². The van der Waals surface area contributed by atoms with Gasteiger partial charge in [0.25, 0.3) is 5.91 Å². The first-order chi connectivity index (χ1) is 8.06. The Morgan fingerprint density at radius 1 is 1.29 bits per heavy atom. The van der Waals surface area contributed by atoms with Crippen LogP contribution in [0, 0.1) is 5.92 Å². The molecule has 0 saturated carbocycles. The van der Waals surface area contributed by atoms with Crippen molar-refractivity contribution in [2.45, 2.75) is 26.3 Å². The van der Waals surface area contributed by atoms with Gasteiger partial charge in [0.1, 0.15) is 6.04 Å². The van der Waals surface area contributed by atoms with Crippen LogP contribution in [0.5, 0.6) is 0 Å². The van der Waals surface area contributed by atoms with Gasteiger partial charge in [-0.05, 0) is 18.1 Å². The van der Waals surface area contributed by atoms with E-state index >= 15 is 0 Å². The Kier molecular flexibility index (Phi) is 4.69. The van der Waals surface area contributed by atoms with E-state index in [9.17, 15) is 9.59 Å². The number of rotatable bonds is 5. The minimum atomic E-state index is -0.997. The number of carboxylic acid groups (broad SMARTS) is 1. The molecule has 0 radical (unpaired) electrons. The molecule has 2 atom stereocenters. The molecule has 2 N–H and O–H groups in total. The number of hydrogen-bond donors (Lipinski definition) is 2. The maximum absolute atomic E-state index is 11.8. The molecule has 0 aliphatic heterocycles. The highest BCUT2D eigenvalue weighted by Crippen LogP contribution is 2.09. The highest BCUT2D eigenvalue weighted by molar-refractivity contribution is 5.96. The fourth-order valence-corrected chi connectivity index (χ4v) is 1.50. The van der Waals surface area contributed by atoms with Crippen molar-refractivity contribution in [3.63, 3.8) is 0 Å². The van der Waals surface area contributed by atoms with Gasteiger partial charge >= 0.3 is 5.97 Å². The van der Waals surface area contributed by atoms with Crippen LogP contribution < -0.4 is 5.32 Å². The number of amides is 1. The highest BCUT2D eigenvalue weighted by Gasteiger charge is 2.25. The van der Waals surface area contributed by atoms with Gasteiger partial charge in [0.05, 0.1) is 0 Å². The molecule has 0 aromatic heterocycles. The molecule has 0 spiro atoms. The summed E-state index contributed by atoms with van der Waals surface area (Å²) in [6.45, 7) is 3.71. The molecule has 2 unspecified atom stereocenters. The first kappa shape index (κ1) is 13.2. The van der Waals surface area contributed by atoms with Gasteiger partial charge in [0.2, 0.25) is 0 Å². The number of carboxylic acids is 1. The molecule has 4 nitrogen and oxygen atoms in total. The first-order valence-corrected chi connectivity index (χ1v) is 5.65. The molecular formula is C13H17NO3. The Morgan fingerprint density at radius 3 is 2.35 bits per heavy atom. The first-order valence-electron chi connectivity index (χ1n) is 5.65. The molecule has 1 aromatic carbocycles. The second kappa shape index (κ2) is 6.03. The third-order valence-electron chi connectivity index (χ3n) is 2.80. The lowest BCUT2D eigenvalue weighted by Crippen LogP contribution is -2.44. The van der Waals surface area contributed by atoms with E-state index in [1.54, 1.807) is 30.3 Å². The molecule has 17 heavy (non-hydrogen) atoms. The van der Waals surface area contributed by atoms with Gasteiger partial charge in [0, 0.05) is 5.56 Å². The largest absolute Gasteiger partial charge is 0.480 e. The van der Waals surface area contributed by atoms with Gasteiger partial charge in [-0.3, -0.25) is 4.79 Å². The lowest BCUT2D eigenvalue weighted by Gasteiger charge is -2.20. The van der Waals surface area contributed by atoms with E-state index in [0.717, 1.165) is 0 Å². The van der Waals surface area contributed by atoms with Crippen molar-refractivity contribution < 1.29 is 14.7 Å². The van der Waals surface area contributed by atoms with Crippen molar-refractivity contribution in [1.82, 2.24) is 5.32 Å². The number of carbonyl (C=O) groups is 2. The molecule has 92 valence electrons. The summed E-state index contributed by atoms with van der Waals surface area (Å²) in [5.41, 5.74) is 0.474. The fourth-order valence-electron chi connectivity index (χ4n) is 1.50. The quantitative estimate of drug-likeness (QED) is 0.819. The van der Waals surface area contributed by atoms with E-state index in [2.05, 4.69) is 5.32 Å². The second-order valence-electron chi connectivity index (χ2n) is 4.04. The van der Waals surface area contributed by atoms with Gasteiger partial charge < -0.3 is 10.4 Å². The van der Waals surface area contributed by atoms with E-state index in [1.165, 1.54) is 0 Å². The average Bonchev–Trinajstić information content (AvgIpc) is 2.35. The summed E-state index contributed by atoms with van der Waals surface area (Å²) in [5.74, 6) is -1.44. The number of hydrogen-bond acceptors (Lipinski definition) is 2. The van der Waals surface area contributed by atoms with Crippen LogP contribution in [0.2, 0.25) is 0 Å². The number of carbonyl (C=O) groups excluding carboxylic acids is 1. The molecule has 0 fully saturated rings. The number of nitrogens with one attached hydrogen (secondary N) is 1. The monoisotopic (exact) mass is 235 g/mol. The SMILES string of the molecule is CCC(C)C(NC(=O)c1ccccc1)C(=O)O. The Balaban J connectivity index is 2.75. The topological polar surface area (TPSA) is 66.4 Å². The van der Waals surface area contributed by atoms with Crippen LogP contribution in [-0.2, 0) is 4.79 Å². The standard InChI is InChI=1S/C13H17NO3/c1-3-9(2)11(13(16)17)14-12(15)10-7-5-4-6-8-10/h4-9,11H,3H2,1-2H3,(H,14,15)(H,16,17). The summed E-state index contributed by atoms with van der Waals surface area (Å²) in [6, 6.07) is 7.77. The van der Waals surface area contributed by atoms with Crippen LogP contribution >= 0.6 is 0 Å². The van der Waals surface area contributed by atoms with E-state index in [4.69, 9.17) is 5.11 Å². The predicted octanol–water partition coefficient (Wildman–Crippen LogP) is 1.92. The van der Waals surface area contributed by atoms with Crippen molar-refractivity contribution in [2.24, 2.45) is 5.92 Å². The second-order valence-corrected chi connectivity index (χ2v) is 4.04. The summed E-state index contributed by atoms with van der Waals surface area (Å²) < 4.78 is 0. The Morgan fingerprint density at radius 2 is 1.88 bits per heavy atom. The summed E-state index contributed by atoms with van der Waals surface area (Å²) in [5, 5.41) is 11.6. The molecule has 1 aromatic rings. The van der Waals surface area contributed by atoms with Crippen LogP contribution in [0.15, 0.2) is 30.3 Å². The molecule has 0 aliphatic rings. The summed E-state index contributed by atoms with van der Waals surface area (Å²) >= 11 is 0. The fraction of sp³-hybridized carbons (Fsp3) is 0.385. The molecule has 0 saturated heterocycles. The van der Waals surface area contributed by atoms with E-state index in [-0.39, 0.29) is 11.8 Å². The average molecular weight is 235 g/mol. The molecule has 0 heterocycles. The zero-order valence-corrected chi connectivity index (χ0v) is 10.0. The number of benzene rings is 1. The molecule has 4 heteroatoms. The Hall–Kier alpha value is -1.84. The normalized spacial score (nSPS) is 13.8. The summed E-state index contributed by atoms with van der Waals surface area (Å²) in [6.07, 6.45) is 0.700. The molecule has 0 bridgehead atoms. The third kappa shape index (κ3) is 3.59. The lowest BCUT2D eigenvalue weighted by atomic mass is 9.99. The van der Waals surface area contributed by atoms with E-state index < -0.39 is 12.0 Å². The van der Waals surface area contributed by atoms with Crippen molar-refractivity contribution >= 4 is 11.9 Å². The maximum atomic E-state index is 11.8. The van der Waals surface area contributed by atoms with Gasteiger partial charge in [0.15, 0.2) is 0 Å². The van der Waals surface area contributed by atoms with Crippen LogP contribution in [-0.4, -0.2) is 23.0 Å². The van der Waals surface area contributed by atoms with Crippen LogP contribution in [0.4, 0.5) is 0 Å². The number of aliphatic carboxylic acids is 1. The maximum Gasteiger partial charge on any atom is 0.326 e. The van der Waals surface area contributed by atoms with Gasteiger partial charge in [-0.25, -0.2) is 4.79 Å². The van der Waals surface area contributed by atoms with Gasteiger partial charge in [-0.2, -0.15) is 0 Å². The predicted molar refractivity (Wildman–Crippen MR) is 64.8 cm³/mol. The minimum absolute atomic E-state index is 0.0971. The van der Waals surface area contributed by atoms with Crippen molar-refractivity contribution in [3.05, 3.63) is 35.9 Å². The smallest absolute Gasteiger partial charge is 0.326 e. The zero-order chi connectivity index (χ0) is 12.8. The molecule has 1 rings (SSSR count). The van der Waals surface area contributed by atoms with Crippen molar-refractivity contribution in [1.29, 1.82) is 0 Å². The van der Waals surface area contributed by atoms with Crippen LogP contribution in [0.3, 0.4) is 0 Å².